The van der Waals surface area contributed by atoms with E-state index < -0.39 is 6.04 Å². The van der Waals surface area contributed by atoms with Crippen LogP contribution in [0.3, 0.4) is 0 Å². The van der Waals surface area contributed by atoms with Gasteiger partial charge in [0.25, 0.3) is 0 Å². The topological polar surface area (TPSA) is 53.3 Å². The van der Waals surface area contributed by atoms with Crippen molar-refractivity contribution < 1.29 is 9.53 Å². The van der Waals surface area contributed by atoms with Crippen molar-refractivity contribution >= 4 is 11.6 Å². The second-order valence-corrected chi connectivity index (χ2v) is 7.64. The monoisotopic (exact) mass is 432 g/mol. The maximum atomic E-state index is 13.4. The Labute approximate surface area is 194 Å². The van der Waals surface area contributed by atoms with E-state index in [0.717, 1.165) is 16.7 Å². The molecule has 0 spiro atoms. The van der Waals surface area contributed by atoms with Crippen LogP contribution in [0.2, 0.25) is 0 Å². The van der Waals surface area contributed by atoms with Crippen molar-refractivity contribution in [2.45, 2.75) is 19.1 Å². The van der Waals surface area contributed by atoms with Gasteiger partial charge in [-0.2, -0.15) is 5.26 Å². The zero-order chi connectivity index (χ0) is 22.9. The first-order valence-electron chi connectivity index (χ1n) is 10.8. The highest BCUT2D eigenvalue weighted by Gasteiger charge is 2.27. The van der Waals surface area contributed by atoms with Gasteiger partial charge in [0.2, 0.25) is 5.91 Å². The van der Waals surface area contributed by atoms with Crippen molar-refractivity contribution in [2.75, 3.05) is 4.90 Å². The van der Waals surface area contributed by atoms with Crippen LogP contribution in [-0.2, 0) is 17.8 Å². The van der Waals surface area contributed by atoms with E-state index >= 15 is 0 Å². The van der Waals surface area contributed by atoms with E-state index in [-0.39, 0.29) is 12.3 Å². The van der Waals surface area contributed by atoms with Crippen molar-refractivity contribution in [1.82, 2.24) is 0 Å². The molecule has 4 aromatic carbocycles. The molecule has 0 heterocycles. The van der Waals surface area contributed by atoms with Crippen LogP contribution in [0.5, 0.6) is 5.75 Å². The van der Waals surface area contributed by atoms with Gasteiger partial charge in [-0.3, -0.25) is 9.69 Å². The molecule has 4 aromatic rings. The molecule has 0 aliphatic carbocycles. The lowest BCUT2D eigenvalue weighted by molar-refractivity contribution is -0.118. The van der Waals surface area contributed by atoms with E-state index in [1.807, 2.05) is 115 Å². The Morgan fingerprint density at radius 3 is 1.88 bits per heavy atom. The number of nitriles is 1. The third-order valence-corrected chi connectivity index (χ3v) is 5.33. The minimum absolute atomic E-state index is 0.136. The lowest BCUT2D eigenvalue weighted by Gasteiger charge is -2.28. The summed E-state index contributed by atoms with van der Waals surface area (Å²) in [5.74, 6) is 0.574. The molecule has 0 aliphatic rings. The molecule has 4 rings (SSSR count). The molecule has 1 atom stereocenters. The van der Waals surface area contributed by atoms with E-state index in [2.05, 4.69) is 6.07 Å². The number of amides is 1. The SMILES string of the molecule is N#C[C@@H](c1ccc(OCc2ccccc2)cc1)N(C(=O)Cc1ccccc1)c1ccccc1. The van der Waals surface area contributed by atoms with Crippen LogP contribution >= 0.6 is 0 Å². The standard InChI is InChI=1S/C29H24N2O2/c30-21-28(25-16-18-27(19-17-25)33-22-24-12-6-2-7-13-24)31(26-14-8-3-9-15-26)29(32)20-23-10-4-1-5-11-23/h1-19,28H,20,22H2/t28-/m0/s1. The molecule has 0 saturated carbocycles. The molecule has 4 nitrogen and oxygen atoms in total. The van der Waals surface area contributed by atoms with Gasteiger partial charge in [-0.25, -0.2) is 0 Å². The second kappa shape index (κ2) is 10.8. The lowest BCUT2D eigenvalue weighted by Crippen LogP contribution is -2.35. The van der Waals surface area contributed by atoms with Crippen LogP contribution in [0.15, 0.2) is 115 Å². The Bertz CT molecular complexity index is 1200. The third kappa shape index (κ3) is 5.66. The van der Waals surface area contributed by atoms with Crippen molar-refractivity contribution in [3.63, 3.8) is 0 Å². The van der Waals surface area contributed by atoms with E-state index in [1.165, 1.54) is 0 Å². The van der Waals surface area contributed by atoms with Gasteiger partial charge in [0.15, 0.2) is 0 Å². The first-order valence-corrected chi connectivity index (χ1v) is 10.8. The van der Waals surface area contributed by atoms with Gasteiger partial charge in [-0.1, -0.05) is 91.0 Å². The summed E-state index contributed by atoms with van der Waals surface area (Å²) < 4.78 is 5.87. The Hall–Kier alpha value is -4.36. The Kier molecular flexibility index (Phi) is 7.15. The first-order chi connectivity index (χ1) is 16.2. The molecular weight excluding hydrogens is 408 g/mol. The third-order valence-electron chi connectivity index (χ3n) is 5.33. The van der Waals surface area contributed by atoms with Gasteiger partial charge in [-0.05, 0) is 41.0 Å². The number of carbonyl (C=O) groups is 1. The zero-order valence-electron chi connectivity index (χ0n) is 18.2. The second-order valence-electron chi connectivity index (χ2n) is 7.64. The van der Waals surface area contributed by atoms with E-state index in [9.17, 15) is 10.1 Å². The Balaban J connectivity index is 1.56. The van der Waals surface area contributed by atoms with Gasteiger partial charge < -0.3 is 4.74 Å². The van der Waals surface area contributed by atoms with Gasteiger partial charge in [0.05, 0.1) is 12.5 Å². The van der Waals surface area contributed by atoms with E-state index in [0.29, 0.717) is 18.0 Å². The van der Waals surface area contributed by atoms with Crippen LogP contribution in [-0.4, -0.2) is 5.91 Å². The molecular formula is C29H24N2O2. The lowest BCUT2D eigenvalue weighted by atomic mass is 10.0. The van der Waals surface area contributed by atoms with Crippen LogP contribution in [0.1, 0.15) is 22.7 Å². The van der Waals surface area contributed by atoms with Crippen molar-refractivity contribution in [3.05, 3.63) is 132 Å². The highest BCUT2D eigenvalue weighted by molar-refractivity contribution is 5.96. The number of ether oxygens (including phenoxy) is 1. The summed E-state index contributed by atoms with van der Waals surface area (Å²) in [6, 6.07) is 37.8. The summed E-state index contributed by atoms with van der Waals surface area (Å²) in [6.45, 7) is 0.466. The smallest absolute Gasteiger partial charge is 0.232 e. The Morgan fingerprint density at radius 2 is 1.30 bits per heavy atom. The fraction of sp³-hybridized carbons (Fsp3) is 0.103. The predicted octanol–water partition coefficient (Wildman–Crippen LogP) is 6.11. The number of hydrogen-bond donors (Lipinski definition) is 0. The van der Waals surface area contributed by atoms with Crippen molar-refractivity contribution in [2.24, 2.45) is 0 Å². The van der Waals surface area contributed by atoms with Crippen LogP contribution in [0.4, 0.5) is 5.69 Å². The quantitative estimate of drug-likeness (QED) is 0.338. The maximum Gasteiger partial charge on any atom is 0.232 e. The molecule has 0 unspecified atom stereocenters. The number of para-hydroxylation sites is 1. The average Bonchev–Trinajstić information content (AvgIpc) is 2.88. The largest absolute Gasteiger partial charge is 0.489 e. The van der Waals surface area contributed by atoms with Crippen molar-refractivity contribution in [1.29, 1.82) is 5.26 Å². The maximum absolute atomic E-state index is 13.4. The van der Waals surface area contributed by atoms with Gasteiger partial charge >= 0.3 is 0 Å². The molecule has 162 valence electrons. The number of anilines is 1. The summed E-state index contributed by atoms with van der Waals surface area (Å²) in [7, 11) is 0. The minimum Gasteiger partial charge on any atom is -0.489 e. The molecule has 4 heteroatoms. The van der Waals surface area contributed by atoms with Crippen molar-refractivity contribution in [3.8, 4) is 11.8 Å². The summed E-state index contributed by atoms with van der Waals surface area (Å²) in [4.78, 5) is 14.9. The minimum atomic E-state index is -0.758. The van der Waals surface area contributed by atoms with Gasteiger partial charge in [-0.15, -0.1) is 0 Å². The molecule has 0 radical (unpaired) electrons. The van der Waals surface area contributed by atoms with Crippen LogP contribution in [0.25, 0.3) is 0 Å². The number of benzene rings is 4. The molecule has 0 saturated heterocycles. The number of rotatable bonds is 8. The molecule has 33 heavy (non-hydrogen) atoms. The molecule has 1 amide bonds. The average molecular weight is 433 g/mol. The van der Waals surface area contributed by atoms with Crippen LogP contribution < -0.4 is 9.64 Å². The molecule has 0 aromatic heterocycles. The fourth-order valence-electron chi connectivity index (χ4n) is 3.65. The highest BCUT2D eigenvalue weighted by Crippen LogP contribution is 2.29. The predicted molar refractivity (Wildman–Crippen MR) is 130 cm³/mol. The first kappa shape index (κ1) is 21.9. The van der Waals surface area contributed by atoms with E-state index in [4.69, 9.17) is 4.74 Å². The summed E-state index contributed by atoms with van der Waals surface area (Å²) in [5, 5.41) is 10.1. The van der Waals surface area contributed by atoms with Gasteiger partial charge in [0.1, 0.15) is 18.4 Å². The summed E-state index contributed by atoms with van der Waals surface area (Å²) >= 11 is 0. The number of carbonyl (C=O) groups excluding carboxylic acids is 1. The molecule has 0 aliphatic heterocycles. The summed E-state index contributed by atoms with van der Waals surface area (Å²) in [6.07, 6.45) is 0.214. The normalized spacial score (nSPS) is 11.2. The molecule has 0 N–H and O–H groups in total. The molecule has 0 bridgehead atoms. The molecule has 0 fully saturated rings. The van der Waals surface area contributed by atoms with Crippen LogP contribution in [0, 0.1) is 11.3 Å². The Morgan fingerprint density at radius 1 is 0.758 bits per heavy atom. The zero-order valence-corrected chi connectivity index (χ0v) is 18.2. The highest BCUT2D eigenvalue weighted by atomic mass is 16.5. The summed E-state index contributed by atoms with van der Waals surface area (Å²) in [5.41, 5.74) is 3.41. The van der Waals surface area contributed by atoms with E-state index in [1.54, 1.807) is 4.90 Å². The number of hydrogen-bond acceptors (Lipinski definition) is 3. The van der Waals surface area contributed by atoms with Gasteiger partial charge in [0, 0.05) is 5.69 Å². The number of nitrogens with zero attached hydrogens (tertiary/aromatic N) is 2. The fourth-order valence-corrected chi connectivity index (χ4v) is 3.65.